The van der Waals surface area contributed by atoms with Crippen LogP contribution in [0, 0.1) is 0 Å². The fourth-order valence-corrected chi connectivity index (χ4v) is 8.94. The van der Waals surface area contributed by atoms with E-state index < -0.39 is 0 Å². The van der Waals surface area contributed by atoms with Gasteiger partial charge in [0.05, 0.1) is 33.4 Å². The first kappa shape index (κ1) is 32.4. The average Bonchev–Trinajstić information content (AvgIpc) is 3.93. The molecule has 274 valence electrons. The molecule has 0 saturated heterocycles. The zero-order valence-electron chi connectivity index (χ0n) is 31.4. The highest BCUT2D eigenvalue weighted by Gasteiger charge is 2.28. The first-order valence-corrected chi connectivity index (χ1v) is 19.6. The number of hydrogen-bond acceptors (Lipinski definition) is 4. The molecule has 8 aromatic carbocycles. The third-order valence-corrected chi connectivity index (χ3v) is 11.6. The summed E-state index contributed by atoms with van der Waals surface area (Å²) in [7, 11) is 0. The lowest BCUT2D eigenvalue weighted by molar-refractivity contribution is 0.483. The highest BCUT2D eigenvalue weighted by atomic mass is 16.5. The van der Waals surface area contributed by atoms with Gasteiger partial charge < -0.3 is 19.1 Å². The first-order chi connectivity index (χ1) is 28.7. The summed E-state index contributed by atoms with van der Waals surface area (Å²) in [6.07, 6.45) is 2.04. The summed E-state index contributed by atoms with van der Waals surface area (Å²) in [5, 5.41) is 7.03. The highest BCUT2D eigenvalue weighted by molar-refractivity contribution is 6.14. The molecule has 0 fully saturated rings. The summed E-state index contributed by atoms with van der Waals surface area (Å²) < 4.78 is 11.4. The van der Waals surface area contributed by atoms with Crippen LogP contribution in [0.25, 0.3) is 65.9 Å². The molecule has 12 rings (SSSR count). The summed E-state index contributed by atoms with van der Waals surface area (Å²) in [4.78, 5) is 9.89. The van der Waals surface area contributed by atoms with Gasteiger partial charge in [-0.15, -0.1) is 0 Å². The van der Waals surface area contributed by atoms with Crippen molar-refractivity contribution in [1.29, 1.82) is 0 Å². The van der Waals surface area contributed by atoms with E-state index in [9.17, 15) is 0 Å². The minimum Gasteiger partial charge on any atom is -0.457 e. The van der Waals surface area contributed by atoms with Crippen LogP contribution < -0.4 is 14.5 Å². The number of pyridine rings is 1. The van der Waals surface area contributed by atoms with Gasteiger partial charge in [0.1, 0.15) is 24.0 Å². The van der Waals surface area contributed by atoms with Crippen LogP contribution in [-0.2, 0) is 0 Å². The van der Waals surface area contributed by atoms with Gasteiger partial charge in [0, 0.05) is 63.0 Å². The fraction of sp³-hybridized carbons (Fsp3) is 0.0192. The number of nitrogens with zero attached hydrogens (tertiary/aromatic N) is 5. The Kier molecular flexibility index (Phi) is 7.19. The van der Waals surface area contributed by atoms with Gasteiger partial charge in [-0.2, -0.15) is 0 Å². The monoisotopic (exact) mass is 745 g/mol. The van der Waals surface area contributed by atoms with Gasteiger partial charge in [-0.1, -0.05) is 97.1 Å². The topological polar surface area (TPSA) is 38.5 Å². The molecule has 0 unspecified atom stereocenters. The van der Waals surface area contributed by atoms with E-state index in [1.807, 2.05) is 12.3 Å². The molecule has 0 amide bonds. The summed E-state index contributed by atoms with van der Waals surface area (Å²) >= 11 is 0. The lowest BCUT2D eigenvalue weighted by atomic mass is 10.1. The molecule has 58 heavy (non-hydrogen) atoms. The molecule has 6 heteroatoms. The Morgan fingerprint density at radius 2 is 0.983 bits per heavy atom. The molecule has 1 aliphatic rings. The Balaban J connectivity index is 0.971. The maximum absolute atomic E-state index is 6.72. The van der Waals surface area contributed by atoms with E-state index in [2.05, 4.69) is 207 Å². The standard InChI is InChI=1S/C52H35N5O/c1-3-16-37(17-4-1)54-34-55(48-25-12-11-24-47(48)54)39-20-13-21-40(30-39)58-41-26-27-43-42-22-9-10-23-46(42)57(50(43)31-41)52-32-51-45(33-53-52)44-28-35-14-7-8-15-36(35)29-49(44)56(51)38-18-5-2-6-19-38/h1-33H,34H2. The van der Waals surface area contributed by atoms with Crippen molar-refractivity contribution >= 4 is 77.1 Å². The van der Waals surface area contributed by atoms with E-state index in [0.29, 0.717) is 6.67 Å². The lowest BCUT2D eigenvalue weighted by Gasteiger charge is -2.22. The number of fused-ring (bicyclic) bond motifs is 8. The Labute approximate surface area is 334 Å². The van der Waals surface area contributed by atoms with Crippen LogP contribution >= 0.6 is 0 Å². The van der Waals surface area contributed by atoms with Crippen molar-refractivity contribution < 1.29 is 4.74 Å². The predicted octanol–water partition coefficient (Wildman–Crippen LogP) is 13.5. The largest absolute Gasteiger partial charge is 0.457 e. The van der Waals surface area contributed by atoms with Gasteiger partial charge >= 0.3 is 0 Å². The van der Waals surface area contributed by atoms with E-state index in [4.69, 9.17) is 9.72 Å². The molecule has 6 nitrogen and oxygen atoms in total. The van der Waals surface area contributed by atoms with Gasteiger partial charge in [-0.3, -0.25) is 4.57 Å². The smallest absolute Gasteiger partial charge is 0.139 e. The van der Waals surface area contributed by atoms with Crippen molar-refractivity contribution in [3.8, 4) is 23.0 Å². The van der Waals surface area contributed by atoms with Crippen LogP contribution in [0.3, 0.4) is 0 Å². The zero-order chi connectivity index (χ0) is 38.2. The number of para-hydroxylation sites is 5. The molecule has 3 aromatic heterocycles. The molecular formula is C52H35N5O. The molecule has 1 aliphatic heterocycles. The van der Waals surface area contributed by atoms with Gasteiger partial charge in [0.2, 0.25) is 0 Å². The molecule has 0 saturated carbocycles. The molecule has 0 radical (unpaired) electrons. The number of aromatic nitrogens is 3. The summed E-state index contributed by atoms with van der Waals surface area (Å²) in [6, 6.07) is 68.5. The second kappa shape index (κ2) is 12.9. The molecule has 0 N–H and O–H groups in total. The fourth-order valence-electron chi connectivity index (χ4n) is 8.94. The Bertz CT molecular complexity index is 3370. The number of hydrogen-bond donors (Lipinski definition) is 0. The van der Waals surface area contributed by atoms with Crippen LogP contribution in [0.5, 0.6) is 11.5 Å². The number of rotatable bonds is 6. The number of ether oxygens (including phenoxy) is 1. The van der Waals surface area contributed by atoms with E-state index in [-0.39, 0.29) is 0 Å². The summed E-state index contributed by atoms with van der Waals surface area (Å²) in [5.41, 5.74) is 10.1. The normalized spacial score (nSPS) is 12.7. The van der Waals surface area contributed by atoms with Crippen LogP contribution in [-0.4, -0.2) is 20.8 Å². The number of benzene rings is 8. The molecule has 0 spiro atoms. The molecule has 0 atom stereocenters. The summed E-state index contributed by atoms with van der Waals surface area (Å²) in [6.45, 7) is 0.704. The Morgan fingerprint density at radius 3 is 1.79 bits per heavy atom. The van der Waals surface area contributed by atoms with Gasteiger partial charge in [-0.05, 0) is 89.6 Å². The lowest BCUT2D eigenvalue weighted by Crippen LogP contribution is -2.23. The quantitative estimate of drug-likeness (QED) is 0.170. The average molecular weight is 746 g/mol. The number of anilines is 4. The molecular weight excluding hydrogens is 711 g/mol. The van der Waals surface area contributed by atoms with Crippen LogP contribution in [0.15, 0.2) is 200 Å². The molecule has 11 aromatic rings. The van der Waals surface area contributed by atoms with Crippen molar-refractivity contribution in [1.82, 2.24) is 14.1 Å². The van der Waals surface area contributed by atoms with Crippen molar-refractivity contribution in [3.05, 3.63) is 200 Å². The SMILES string of the molecule is c1ccc(N2CN(c3cccc(Oc4ccc5c6ccccc6n(-c6cc7c(cn6)c6cc8ccccc8cc6n7-c6ccccc6)c5c4)c3)c3ccccc32)cc1. The van der Waals surface area contributed by atoms with E-state index in [0.717, 1.165) is 67.2 Å². The first-order valence-electron chi connectivity index (χ1n) is 19.6. The van der Waals surface area contributed by atoms with Crippen molar-refractivity contribution in [2.24, 2.45) is 0 Å². The van der Waals surface area contributed by atoms with Crippen molar-refractivity contribution in [2.75, 3.05) is 16.5 Å². The molecule has 0 aliphatic carbocycles. The van der Waals surface area contributed by atoms with Crippen molar-refractivity contribution in [3.63, 3.8) is 0 Å². The summed E-state index contributed by atoms with van der Waals surface area (Å²) in [5.74, 6) is 2.38. The van der Waals surface area contributed by atoms with Crippen LogP contribution in [0.2, 0.25) is 0 Å². The van der Waals surface area contributed by atoms with Gasteiger partial charge in [0.15, 0.2) is 0 Å². The van der Waals surface area contributed by atoms with E-state index in [1.165, 1.54) is 32.9 Å². The molecule has 0 bridgehead atoms. The maximum Gasteiger partial charge on any atom is 0.139 e. The Morgan fingerprint density at radius 1 is 0.379 bits per heavy atom. The second-order valence-corrected chi connectivity index (χ2v) is 14.9. The van der Waals surface area contributed by atoms with Crippen LogP contribution in [0.1, 0.15) is 0 Å². The van der Waals surface area contributed by atoms with Gasteiger partial charge in [-0.25, -0.2) is 4.98 Å². The molecule has 4 heterocycles. The third kappa shape index (κ3) is 5.09. The highest BCUT2D eigenvalue weighted by Crippen LogP contribution is 2.45. The zero-order valence-corrected chi connectivity index (χ0v) is 31.4. The van der Waals surface area contributed by atoms with Crippen molar-refractivity contribution in [2.45, 2.75) is 0 Å². The predicted molar refractivity (Wildman–Crippen MR) is 239 cm³/mol. The maximum atomic E-state index is 6.72. The Hall–Kier alpha value is -7.83. The third-order valence-electron chi connectivity index (χ3n) is 11.6. The minimum atomic E-state index is 0.704. The van der Waals surface area contributed by atoms with E-state index >= 15 is 0 Å². The van der Waals surface area contributed by atoms with E-state index in [1.54, 1.807) is 0 Å². The second-order valence-electron chi connectivity index (χ2n) is 14.9. The van der Waals surface area contributed by atoms with Crippen LogP contribution in [0.4, 0.5) is 22.7 Å². The minimum absolute atomic E-state index is 0.704. The van der Waals surface area contributed by atoms with Gasteiger partial charge in [0.25, 0.3) is 0 Å².